The summed E-state index contributed by atoms with van der Waals surface area (Å²) in [7, 11) is 1.31. The highest BCUT2D eigenvalue weighted by Crippen LogP contribution is 2.21. The van der Waals surface area contributed by atoms with Gasteiger partial charge in [-0.25, -0.2) is 10.2 Å². The van der Waals surface area contributed by atoms with Crippen molar-refractivity contribution < 1.29 is 9.53 Å². The highest BCUT2D eigenvalue weighted by Gasteiger charge is 2.06. The third-order valence-electron chi connectivity index (χ3n) is 2.63. The van der Waals surface area contributed by atoms with Gasteiger partial charge >= 0.3 is 6.09 Å². The van der Waals surface area contributed by atoms with E-state index in [-0.39, 0.29) is 0 Å². The zero-order valence-electron chi connectivity index (χ0n) is 11.7. The number of carbonyl (C=O) groups excluding carboxylic acids is 1. The van der Waals surface area contributed by atoms with Gasteiger partial charge in [-0.3, -0.25) is 0 Å². The first-order valence-corrected chi connectivity index (χ1v) is 7.27. The Morgan fingerprint density at radius 2 is 1.71 bits per heavy atom. The van der Waals surface area contributed by atoms with Crippen LogP contribution in [-0.4, -0.2) is 18.2 Å². The van der Waals surface area contributed by atoms with E-state index in [9.17, 15) is 4.79 Å². The Labute approximate surface area is 128 Å². The van der Waals surface area contributed by atoms with Crippen LogP contribution >= 0.6 is 11.8 Å². The first-order chi connectivity index (χ1) is 10.3. The van der Waals surface area contributed by atoms with Crippen LogP contribution in [-0.2, 0) is 11.2 Å². The van der Waals surface area contributed by atoms with Crippen molar-refractivity contribution in [2.24, 2.45) is 5.10 Å². The molecule has 1 amide bonds. The van der Waals surface area contributed by atoms with Crippen molar-refractivity contribution in [2.75, 3.05) is 7.11 Å². The molecule has 2 rings (SSSR count). The molecule has 0 saturated carbocycles. The van der Waals surface area contributed by atoms with Gasteiger partial charge in [-0.05, 0) is 17.7 Å². The number of carbonyl (C=O) groups is 1. The van der Waals surface area contributed by atoms with Gasteiger partial charge < -0.3 is 4.74 Å². The van der Waals surface area contributed by atoms with Crippen LogP contribution in [0.1, 0.15) is 5.56 Å². The van der Waals surface area contributed by atoms with Gasteiger partial charge in [-0.1, -0.05) is 60.3 Å². The van der Waals surface area contributed by atoms with E-state index < -0.39 is 6.09 Å². The molecule has 1 N–H and O–H groups in total. The second-order valence-electron chi connectivity index (χ2n) is 4.19. The number of amides is 1. The smallest absolute Gasteiger partial charge is 0.427 e. The second-order valence-corrected chi connectivity index (χ2v) is 5.33. The van der Waals surface area contributed by atoms with Crippen molar-refractivity contribution in [2.45, 2.75) is 11.3 Å². The number of methoxy groups -OCH3 is 1. The molecule has 0 aliphatic heterocycles. The number of nitrogens with zero attached hydrogens (tertiary/aromatic N) is 1. The Kier molecular flexibility index (Phi) is 5.84. The van der Waals surface area contributed by atoms with Gasteiger partial charge in [-0.2, -0.15) is 5.10 Å². The maximum absolute atomic E-state index is 11.2. The van der Waals surface area contributed by atoms with Crippen molar-refractivity contribution >= 4 is 22.9 Å². The lowest BCUT2D eigenvalue weighted by molar-refractivity contribution is 0.171. The molecule has 0 spiro atoms. The van der Waals surface area contributed by atoms with Crippen LogP contribution in [0, 0.1) is 0 Å². The van der Waals surface area contributed by atoms with E-state index in [1.54, 1.807) is 0 Å². The SMILES string of the molecule is COC(=O)N/N=C(/Cc1ccccc1)Sc1ccccc1. The van der Waals surface area contributed by atoms with Crippen LogP contribution in [0.4, 0.5) is 4.79 Å². The minimum atomic E-state index is -0.575. The maximum atomic E-state index is 11.2. The fourth-order valence-corrected chi connectivity index (χ4v) is 2.54. The number of benzene rings is 2. The topological polar surface area (TPSA) is 50.7 Å². The second kappa shape index (κ2) is 8.11. The van der Waals surface area contributed by atoms with Crippen molar-refractivity contribution in [3.8, 4) is 0 Å². The number of hydrogen-bond acceptors (Lipinski definition) is 4. The molecule has 2 aromatic carbocycles. The molecule has 0 heterocycles. The molecule has 0 atom stereocenters. The number of hydrazone groups is 1. The van der Waals surface area contributed by atoms with Gasteiger partial charge in [0.25, 0.3) is 0 Å². The zero-order valence-corrected chi connectivity index (χ0v) is 12.5. The van der Waals surface area contributed by atoms with E-state index in [2.05, 4.69) is 15.3 Å². The standard InChI is InChI=1S/C16H16N2O2S/c1-20-16(19)18-17-15(12-13-8-4-2-5-9-13)21-14-10-6-3-7-11-14/h2-11H,12H2,1H3,(H,18,19)/b17-15-. The lowest BCUT2D eigenvalue weighted by atomic mass is 10.2. The molecule has 21 heavy (non-hydrogen) atoms. The molecule has 0 bridgehead atoms. The molecule has 4 nitrogen and oxygen atoms in total. The number of nitrogens with one attached hydrogen (secondary N) is 1. The fourth-order valence-electron chi connectivity index (χ4n) is 1.65. The van der Waals surface area contributed by atoms with Crippen LogP contribution in [0.25, 0.3) is 0 Å². The van der Waals surface area contributed by atoms with Crippen LogP contribution < -0.4 is 5.43 Å². The number of thioether (sulfide) groups is 1. The van der Waals surface area contributed by atoms with Crippen molar-refractivity contribution in [3.05, 3.63) is 66.2 Å². The summed E-state index contributed by atoms with van der Waals surface area (Å²) in [5.41, 5.74) is 3.51. The monoisotopic (exact) mass is 300 g/mol. The summed E-state index contributed by atoms with van der Waals surface area (Å²) in [5, 5.41) is 4.93. The predicted octanol–water partition coefficient (Wildman–Crippen LogP) is 3.69. The Hall–Kier alpha value is -2.27. The molecule has 0 aliphatic carbocycles. The van der Waals surface area contributed by atoms with Gasteiger partial charge in [0.2, 0.25) is 0 Å². The zero-order chi connectivity index (χ0) is 14.9. The van der Waals surface area contributed by atoms with E-state index in [0.717, 1.165) is 15.5 Å². The van der Waals surface area contributed by atoms with Crippen molar-refractivity contribution in [1.82, 2.24) is 5.43 Å². The van der Waals surface area contributed by atoms with Crippen LogP contribution in [0.15, 0.2) is 70.7 Å². The Morgan fingerprint density at radius 3 is 2.33 bits per heavy atom. The van der Waals surface area contributed by atoms with Gasteiger partial charge in [0.1, 0.15) is 5.04 Å². The van der Waals surface area contributed by atoms with Gasteiger partial charge in [0.15, 0.2) is 0 Å². The van der Waals surface area contributed by atoms with Crippen molar-refractivity contribution in [3.63, 3.8) is 0 Å². The summed E-state index contributed by atoms with van der Waals surface area (Å²) >= 11 is 1.52. The summed E-state index contributed by atoms with van der Waals surface area (Å²) in [6, 6.07) is 19.9. The molecule has 0 aliphatic rings. The number of hydrogen-bond donors (Lipinski definition) is 1. The minimum absolute atomic E-state index is 0.575. The molecule has 108 valence electrons. The van der Waals surface area contributed by atoms with Gasteiger partial charge in [0, 0.05) is 11.3 Å². The summed E-state index contributed by atoms with van der Waals surface area (Å²) in [6.45, 7) is 0. The Balaban J connectivity index is 2.12. The number of rotatable bonds is 4. The molecular weight excluding hydrogens is 284 g/mol. The Bertz CT molecular complexity index is 557. The molecule has 0 unspecified atom stereocenters. The fraction of sp³-hybridized carbons (Fsp3) is 0.125. The van der Waals surface area contributed by atoms with Crippen molar-refractivity contribution in [1.29, 1.82) is 0 Å². The largest absolute Gasteiger partial charge is 0.452 e. The quantitative estimate of drug-likeness (QED) is 0.405. The van der Waals surface area contributed by atoms with E-state index >= 15 is 0 Å². The third-order valence-corrected chi connectivity index (χ3v) is 3.61. The summed E-state index contributed by atoms with van der Waals surface area (Å²) < 4.78 is 4.53. The summed E-state index contributed by atoms with van der Waals surface area (Å²) in [4.78, 5) is 12.2. The summed E-state index contributed by atoms with van der Waals surface area (Å²) in [5.74, 6) is 0. The molecule has 0 saturated heterocycles. The van der Waals surface area contributed by atoms with Gasteiger partial charge in [-0.15, -0.1) is 0 Å². The third kappa shape index (κ3) is 5.31. The molecule has 5 heteroatoms. The normalized spacial score (nSPS) is 11.0. The highest BCUT2D eigenvalue weighted by atomic mass is 32.2. The average molecular weight is 300 g/mol. The molecule has 0 fully saturated rings. The van der Waals surface area contributed by atoms with Crippen LogP contribution in [0.2, 0.25) is 0 Å². The molecule has 0 radical (unpaired) electrons. The maximum Gasteiger partial charge on any atom is 0.427 e. The van der Waals surface area contributed by atoms with E-state index in [1.165, 1.54) is 18.9 Å². The van der Waals surface area contributed by atoms with Crippen LogP contribution in [0.3, 0.4) is 0 Å². The van der Waals surface area contributed by atoms with E-state index in [1.807, 2.05) is 60.7 Å². The molecule has 0 aromatic heterocycles. The Morgan fingerprint density at radius 1 is 1.10 bits per heavy atom. The van der Waals surface area contributed by atoms with E-state index in [4.69, 9.17) is 0 Å². The lowest BCUT2D eigenvalue weighted by Gasteiger charge is -2.07. The highest BCUT2D eigenvalue weighted by molar-refractivity contribution is 8.14. The molecule has 2 aromatic rings. The first-order valence-electron chi connectivity index (χ1n) is 6.45. The number of ether oxygens (including phenoxy) is 1. The van der Waals surface area contributed by atoms with Crippen LogP contribution in [0.5, 0.6) is 0 Å². The molecular formula is C16H16N2O2S. The summed E-state index contributed by atoms with van der Waals surface area (Å²) in [6.07, 6.45) is 0.0685. The van der Waals surface area contributed by atoms with E-state index in [0.29, 0.717) is 6.42 Å². The predicted molar refractivity (Wildman–Crippen MR) is 85.4 cm³/mol. The first kappa shape index (κ1) is 15.1. The lowest BCUT2D eigenvalue weighted by Crippen LogP contribution is -2.19. The average Bonchev–Trinajstić information content (AvgIpc) is 2.54. The van der Waals surface area contributed by atoms with Gasteiger partial charge in [0.05, 0.1) is 7.11 Å². The minimum Gasteiger partial charge on any atom is -0.452 e.